The lowest BCUT2D eigenvalue weighted by Crippen LogP contribution is -2.37. The predicted molar refractivity (Wildman–Crippen MR) is 90.6 cm³/mol. The monoisotopic (exact) mass is 363 g/mol. The molecule has 0 aliphatic rings. The molecule has 5 nitrogen and oxygen atoms in total. The molecule has 0 fully saturated rings. The summed E-state index contributed by atoms with van der Waals surface area (Å²) >= 11 is 0. The quantitative estimate of drug-likeness (QED) is 0.733. The molecule has 0 aliphatic carbocycles. The summed E-state index contributed by atoms with van der Waals surface area (Å²) < 4.78 is 36.1. The molecule has 0 aliphatic heterocycles. The Kier molecular flexibility index (Phi) is 7.08. The van der Waals surface area contributed by atoms with Gasteiger partial charge < -0.3 is 14.8 Å². The molecular weight excluding hydrogens is 344 g/mol. The van der Waals surface area contributed by atoms with Gasteiger partial charge in [0.1, 0.15) is 5.82 Å². The molecule has 2 aromatic carbocycles. The van der Waals surface area contributed by atoms with Gasteiger partial charge in [-0.3, -0.25) is 4.79 Å². The van der Waals surface area contributed by atoms with Crippen LogP contribution in [0.4, 0.5) is 8.78 Å². The molecule has 26 heavy (non-hydrogen) atoms. The minimum absolute atomic E-state index is 0.0687. The maximum Gasteiger partial charge on any atom is 0.344 e. The summed E-state index contributed by atoms with van der Waals surface area (Å²) in [6.07, 6.45) is -0.497. The zero-order valence-electron chi connectivity index (χ0n) is 14.2. The van der Waals surface area contributed by atoms with E-state index in [0.29, 0.717) is 13.0 Å². The number of amides is 1. The molecule has 0 radical (unpaired) electrons. The van der Waals surface area contributed by atoms with Gasteiger partial charge in [0.15, 0.2) is 24.3 Å². The van der Waals surface area contributed by atoms with Crippen LogP contribution in [0.3, 0.4) is 0 Å². The topological polar surface area (TPSA) is 64.6 Å². The van der Waals surface area contributed by atoms with Crippen molar-refractivity contribution in [1.29, 1.82) is 0 Å². The number of carbonyl (C=O) groups excluding carboxylic acids is 2. The second-order valence-electron chi connectivity index (χ2n) is 5.52. The number of nitrogens with one attached hydrogen (secondary N) is 1. The number of benzene rings is 2. The molecule has 1 atom stereocenters. The molecular formula is C19H19F2NO4. The van der Waals surface area contributed by atoms with Gasteiger partial charge in [-0.1, -0.05) is 24.3 Å². The number of carbonyl (C=O) groups is 2. The minimum atomic E-state index is -1.01. The van der Waals surface area contributed by atoms with Gasteiger partial charge in [0.25, 0.3) is 5.91 Å². The van der Waals surface area contributed by atoms with E-state index in [1.54, 1.807) is 18.2 Å². The van der Waals surface area contributed by atoms with Gasteiger partial charge in [-0.05, 0) is 43.2 Å². The van der Waals surface area contributed by atoms with Gasteiger partial charge in [0.05, 0.1) is 0 Å². The van der Waals surface area contributed by atoms with Gasteiger partial charge in [-0.2, -0.15) is 0 Å². The Labute approximate surface area is 149 Å². The maximum absolute atomic E-state index is 13.4. The largest absolute Gasteiger partial charge is 0.479 e. The third kappa shape index (κ3) is 6.16. The average molecular weight is 363 g/mol. The number of ether oxygens (including phenoxy) is 2. The first-order chi connectivity index (χ1) is 12.5. The van der Waals surface area contributed by atoms with Crippen molar-refractivity contribution in [2.75, 3.05) is 13.2 Å². The average Bonchev–Trinajstić information content (AvgIpc) is 2.62. The Morgan fingerprint density at radius 1 is 1.08 bits per heavy atom. The van der Waals surface area contributed by atoms with Gasteiger partial charge in [-0.25, -0.2) is 13.6 Å². The summed E-state index contributed by atoms with van der Waals surface area (Å²) in [6, 6.07) is 11.6. The van der Waals surface area contributed by atoms with Crippen molar-refractivity contribution >= 4 is 11.9 Å². The highest BCUT2D eigenvalue weighted by Crippen LogP contribution is 2.15. The summed E-state index contributed by atoms with van der Waals surface area (Å²) in [6.45, 7) is 1.24. The molecule has 2 aromatic rings. The van der Waals surface area contributed by atoms with Gasteiger partial charge in [0, 0.05) is 6.54 Å². The lowest BCUT2D eigenvalue weighted by molar-refractivity contribution is -0.156. The normalized spacial score (nSPS) is 11.5. The molecule has 7 heteroatoms. The van der Waals surface area contributed by atoms with Crippen LogP contribution in [-0.4, -0.2) is 31.1 Å². The van der Waals surface area contributed by atoms with Crippen LogP contribution in [0, 0.1) is 11.6 Å². The first kappa shape index (κ1) is 19.4. The van der Waals surface area contributed by atoms with Crippen LogP contribution >= 0.6 is 0 Å². The summed E-state index contributed by atoms with van der Waals surface area (Å²) in [5, 5.41) is 2.62. The van der Waals surface area contributed by atoms with Crippen LogP contribution in [0.1, 0.15) is 12.5 Å². The highest BCUT2D eigenvalue weighted by Gasteiger charge is 2.18. The molecule has 2 rings (SSSR count). The molecule has 138 valence electrons. The van der Waals surface area contributed by atoms with Crippen LogP contribution < -0.4 is 10.1 Å². The van der Waals surface area contributed by atoms with Crippen LogP contribution in [0.15, 0.2) is 48.5 Å². The second-order valence-corrected chi connectivity index (χ2v) is 5.52. The van der Waals surface area contributed by atoms with Crippen molar-refractivity contribution < 1.29 is 27.8 Å². The molecule has 0 spiro atoms. The van der Waals surface area contributed by atoms with Crippen LogP contribution in [0.2, 0.25) is 0 Å². The van der Waals surface area contributed by atoms with E-state index in [9.17, 15) is 18.4 Å². The number of para-hydroxylation sites is 1. The fraction of sp³-hybridized carbons (Fsp3) is 0.263. The predicted octanol–water partition coefficient (Wildman–Crippen LogP) is 2.63. The standard InChI is InChI=1S/C19H19F2NO4/c1-13(19(24)22-11-10-14-6-8-15(20)9-7-14)26-18(23)12-25-17-5-3-2-4-16(17)21/h2-9,13H,10-12H2,1H3,(H,22,24). The summed E-state index contributed by atoms with van der Waals surface area (Å²) in [5.74, 6) is -2.23. The molecule has 1 unspecified atom stereocenters. The first-order valence-electron chi connectivity index (χ1n) is 8.04. The van der Waals surface area contributed by atoms with E-state index < -0.39 is 30.4 Å². The van der Waals surface area contributed by atoms with Gasteiger partial charge >= 0.3 is 5.97 Å². The maximum atomic E-state index is 13.4. The Hall–Kier alpha value is -2.96. The van der Waals surface area contributed by atoms with E-state index >= 15 is 0 Å². The van der Waals surface area contributed by atoms with Gasteiger partial charge in [-0.15, -0.1) is 0 Å². The third-order valence-corrected chi connectivity index (χ3v) is 3.49. The number of rotatable bonds is 8. The zero-order chi connectivity index (χ0) is 18.9. The highest BCUT2D eigenvalue weighted by molar-refractivity contribution is 5.83. The Morgan fingerprint density at radius 2 is 1.77 bits per heavy atom. The number of halogens is 2. The van der Waals surface area contributed by atoms with E-state index in [1.165, 1.54) is 37.3 Å². The Morgan fingerprint density at radius 3 is 2.46 bits per heavy atom. The van der Waals surface area contributed by atoms with Crippen molar-refractivity contribution in [3.8, 4) is 5.75 Å². The highest BCUT2D eigenvalue weighted by atomic mass is 19.1. The van der Waals surface area contributed by atoms with Crippen molar-refractivity contribution in [3.05, 3.63) is 65.7 Å². The number of hydrogen-bond acceptors (Lipinski definition) is 4. The zero-order valence-corrected chi connectivity index (χ0v) is 14.2. The minimum Gasteiger partial charge on any atom is -0.479 e. The molecule has 0 heterocycles. The van der Waals surface area contributed by atoms with Crippen LogP contribution in [0.25, 0.3) is 0 Å². The molecule has 1 N–H and O–H groups in total. The molecule has 0 bridgehead atoms. The van der Waals surface area contributed by atoms with E-state index in [1.807, 2.05) is 0 Å². The second kappa shape index (κ2) is 9.50. The molecule has 0 saturated heterocycles. The van der Waals surface area contributed by atoms with E-state index in [2.05, 4.69) is 5.32 Å². The van der Waals surface area contributed by atoms with E-state index in [-0.39, 0.29) is 11.6 Å². The Balaban J connectivity index is 1.69. The first-order valence-corrected chi connectivity index (χ1v) is 8.04. The number of hydrogen-bond donors (Lipinski definition) is 1. The van der Waals surface area contributed by atoms with Crippen LogP contribution in [0.5, 0.6) is 5.75 Å². The van der Waals surface area contributed by atoms with Crippen molar-refractivity contribution in [3.63, 3.8) is 0 Å². The number of esters is 1. The Bertz CT molecular complexity index is 749. The van der Waals surface area contributed by atoms with Crippen molar-refractivity contribution in [2.45, 2.75) is 19.4 Å². The van der Waals surface area contributed by atoms with Crippen LogP contribution in [-0.2, 0) is 20.7 Å². The van der Waals surface area contributed by atoms with E-state index in [0.717, 1.165) is 5.56 Å². The SMILES string of the molecule is CC(OC(=O)COc1ccccc1F)C(=O)NCCc1ccc(F)cc1. The fourth-order valence-electron chi connectivity index (χ4n) is 2.11. The molecule has 1 amide bonds. The molecule has 0 saturated carbocycles. The lowest BCUT2D eigenvalue weighted by atomic mass is 10.1. The summed E-state index contributed by atoms with van der Waals surface area (Å²) in [4.78, 5) is 23.6. The van der Waals surface area contributed by atoms with Crippen molar-refractivity contribution in [2.24, 2.45) is 0 Å². The summed E-state index contributed by atoms with van der Waals surface area (Å²) in [7, 11) is 0. The van der Waals surface area contributed by atoms with Crippen molar-refractivity contribution in [1.82, 2.24) is 5.32 Å². The molecule has 0 aromatic heterocycles. The lowest BCUT2D eigenvalue weighted by Gasteiger charge is -2.14. The smallest absolute Gasteiger partial charge is 0.344 e. The third-order valence-electron chi connectivity index (χ3n) is 3.49. The van der Waals surface area contributed by atoms with E-state index in [4.69, 9.17) is 9.47 Å². The van der Waals surface area contributed by atoms with Gasteiger partial charge in [0.2, 0.25) is 0 Å². The summed E-state index contributed by atoms with van der Waals surface area (Å²) in [5.41, 5.74) is 0.870. The fourth-order valence-corrected chi connectivity index (χ4v) is 2.11.